The lowest BCUT2D eigenvalue weighted by Gasteiger charge is -2.33. The summed E-state index contributed by atoms with van der Waals surface area (Å²) in [4.78, 5) is 8.92. The molecule has 0 amide bonds. The van der Waals surface area contributed by atoms with Crippen molar-refractivity contribution in [2.45, 2.75) is 39.7 Å². The zero-order valence-corrected chi connectivity index (χ0v) is 12.9. The van der Waals surface area contributed by atoms with E-state index >= 15 is 0 Å². The maximum absolute atomic E-state index is 10.3. The molecule has 1 aliphatic rings. The van der Waals surface area contributed by atoms with Crippen LogP contribution in [0.3, 0.4) is 0 Å². The molecule has 0 radical (unpaired) electrons. The number of aromatic nitrogens is 3. The molecule has 0 aliphatic heterocycles. The summed E-state index contributed by atoms with van der Waals surface area (Å²) in [6.45, 7) is 6.27. The summed E-state index contributed by atoms with van der Waals surface area (Å²) in [6, 6.07) is 3.77. The first-order chi connectivity index (χ1) is 9.89. The van der Waals surface area contributed by atoms with Crippen molar-refractivity contribution < 1.29 is 9.84 Å². The third-order valence-electron chi connectivity index (χ3n) is 4.02. The molecule has 0 bridgehead atoms. The average molecular weight is 287 g/mol. The summed E-state index contributed by atoms with van der Waals surface area (Å²) in [6.07, 6.45) is 3.19. The van der Waals surface area contributed by atoms with Gasteiger partial charge in [-0.15, -0.1) is 0 Å². The fourth-order valence-corrected chi connectivity index (χ4v) is 3.05. The van der Waals surface area contributed by atoms with Crippen LogP contribution in [-0.2, 0) is 6.42 Å². The van der Waals surface area contributed by atoms with Crippen LogP contribution in [0.15, 0.2) is 18.3 Å². The van der Waals surface area contributed by atoms with Crippen molar-refractivity contribution in [1.29, 1.82) is 0 Å². The predicted octanol–water partition coefficient (Wildman–Crippen LogP) is 2.59. The summed E-state index contributed by atoms with van der Waals surface area (Å²) in [5, 5.41) is 10.3. The van der Waals surface area contributed by atoms with E-state index in [1.807, 2.05) is 23.8 Å². The largest absolute Gasteiger partial charge is 0.481 e. The predicted molar refractivity (Wildman–Crippen MR) is 79.7 cm³/mol. The maximum atomic E-state index is 10.3. The lowest BCUT2D eigenvalue weighted by atomic mass is 9.75. The van der Waals surface area contributed by atoms with E-state index in [1.165, 1.54) is 0 Å². The van der Waals surface area contributed by atoms with E-state index in [-0.39, 0.29) is 5.41 Å². The van der Waals surface area contributed by atoms with Crippen molar-refractivity contribution in [3.63, 3.8) is 0 Å². The highest BCUT2D eigenvalue weighted by atomic mass is 16.5. The fraction of sp³-hybridized carbons (Fsp3) is 0.500. The zero-order chi connectivity index (χ0) is 15.2. The molecule has 112 valence electrons. The highest BCUT2D eigenvalue weighted by Crippen LogP contribution is 2.41. The van der Waals surface area contributed by atoms with Gasteiger partial charge in [-0.05, 0) is 31.2 Å². The summed E-state index contributed by atoms with van der Waals surface area (Å²) in [7, 11) is 1.60. The smallest absolute Gasteiger partial charge is 0.237 e. The Balaban J connectivity index is 2.11. The highest BCUT2D eigenvalue weighted by Gasteiger charge is 2.33. The van der Waals surface area contributed by atoms with Crippen molar-refractivity contribution in [3.8, 4) is 11.8 Å². The van der Waals surface area contributed by atoms with Crippen molar-refractivity contribution in [2.24, 2.45) is 5.41 Å². The lowest BCUT2D eigenvalue weighted by Crippen LogP contribution is -2.26. The second-order valence-corrected chi connectivity index (χ2v) is 6.50. The molecule has 5 heteroatoms. The Morgan fingerprint density at radius 1 is 1.38 bits per heavy atom. The average Bonchev–Trinajstić information content (AvgIpc) is 2.80. The van der Waals surface area contributed by atoms with Gasteiger partial charge in [0.05, 0.1) is 13.2 Å². The van der Waals surface area contributed by atoms with Gasteiger partial charge < -0.3 is 9.84 Å². The van der Waals surface area contributed by atoms with Gasteiger partial charge in [-0.1, -0.05) is 13.8 Å². The molecule has 0 saturated heterocycles. The van der Waals surface area contributed by atoms with Gasteiger partial charge in [-0.2, -0.15) is 4.98 Å². The van der Waals surface area contributed by atoms with E-state index in [9.17, 15) is 5.11 Å². The van der Waals surface area contributed by atoms with Crippen molar-refractivity contribution >= 4 is 0 Å². The summed E-state index contributed by atoms with van der Waals surface area (Å²) >= 11 is 0. The Kier molecular flexibility index (Phi) is 3.24. The number of ether oxygens (including phenoxy) is 1. The minimum atomic E-state index is -0.420. The summed E-state index contributed by atoms with van der Waals surface area (Å²) in [5.74, 6) is 1.15. The van der Waals surface area contributed by atoms with Crippen molar-refractivity contribution in [1.82, 2.24) is 14.5 Å². The normalized spacial score (nSPS) is 20.1. The first kappa shape index (κ1) is 14.1. The molecule has 2 aromatic rings. The van der Waals surface area contributed by atoms with Gasteiger partial charge in [-0.3, -0.25) is 4.57 Å². The van der Waals surface area contributed by atoms with E-state index in [0.717, 1.165) is 29.8 Å². The first-order valence-corrected chi connectivity index (χ1v) is 7.18. The lowest BCUT2D eigenvalue weighted by molar-refractivity contribution is 0.0986. The second-order valence-electron chi connectivity index (χ2n) is 6.50. The Hall–Kier alpha value is -1.88. The van der Waals surface area contributed by atoms with Crippen LogP contribution < -0.4 is 4.74 Å². The van der Waals surface area contributed by atoms with Gasteiger partial charge >= 0.3 is 0 Å². The molecule has 3 rings (SSSR count). The number of aryl methyl sites for hydroxylation is 1. The Bertz CT molecular complexity index is 676. The third-order valence-corrected chi connectivity index (χ3v) is 4.02. The molecule has 0 spiro atoms. The molecule has 1 atom stereocenters. The molecule has 21 heavy (non-hydrogen) atoms. The molecule has 1 aliphatic carbocycles. The van der Waals surface area contributed by atoms with E-state index < -0.39 is 6.10 Å². The van der Waals surface area contributed by atoms with Gasteiger partial charge in [0.1, 0.15) is 0 Å². The fourth-order valence-electron chi connectivity index (χ4n) is 3.05. The van der Waals surface area contributed by atoms with Crippen LogP contribution >= 0.6 is 0 Å². The van der Waals surface area contributed by atoms with Crippen LogP contribution in [0, 0.1) is 12.3 Å². The van der Waals surface area contributed by atoms with E-state index in [4.69, 9.17) is 4.74 Å². The maximum Gasteiger partial charge on any atom is 0.237 e. The first-order valence-electron chi connectivity index (χ1n) is 7.18. The number of hydrogen-bond acceptors (Lipinski definition) is 4. The topological polar surface area (TPSA) is 60.2 Å². The minimum Gasteiger partial charge on any atom is -0.481 e. The number of aliphatic hydroxyl groups excluding tert-OH is 1. The van der Waals surface area contributed by atoms with Crippen LogP contribution in [0.1, 0.15) is 43.3 Å². The molecule has 1 N–H and O–H groups in total. The van der Waals surface area contributed by atoms with Gasteiger partial charge in [-0.25, -0.2) is 4.98 Å². The number of rotatable bonds is 2. The quantitative estimate of drug-likeness (QED) is 0.922. The summed E-state index contributed by atoms with van der Waals surface area (Å²) in [5.41, 5.74) is 3.00. The number of nitrogens with zero attached hydrogens (tertiary/aromatic N) is 3. The molecule has 1 unspecified atom stereocenters. The van der Waals surface area contributed by atoms with E-state index in [0.29, 0.717) is 11.8 Å². The van der Waals surface area contributed by atoms with Gasteiger partial charge in [0, 0.05) is 29.2 Å². The number of aliphatic hydroxyl groups is 1. The second kappa shape index (κ2) is 4.84. The van der Waals surface area contributed by atoms with Crippen LogP contribution in [0.2, 0.25) is 0 Å². The van der Waals surface area contributed by atoms with E-state index in [1.54, 1.807) is 13.2 Å². The van der Waals surface area contributed by atoms with Crippen molar-refractivity contribution in [2.75, 3.05) is 7.11 Å². The van der Waals surface area contributed by atoms with Gasteiger partial charge in [0.2, 0.25) is 11.8 Å². The third kappa shape index (κ3) is 2.53. The molecule has 0 fully saturated rings. The van der Waals surface area contributed by atoms with E-state index in [2.05, 4.69) is 23.8 Å². The molecule has 2 heterocycles. The van der Waals surface area contributed by atoms with Crippen LogP contribution in [0.5, 0.6) is 5.88 Å². The van der Waals surface area contributed by atoms with Gasteiger partial charge in [0.25, 0.3) is 0 Å². The standard InChI is InChI=1S/C16H21N3O2/c1-10-7-14(21-4)18-15(17-10)19-6-5-11-12(19)8-16(2,3)9-13(11)20/h5-7,13,20H,8-9H2,1-4H3. The Morgan fingerprint density at radius 3 is 2.86 bits per heavy atom. The van der Waals surface area contributed by atoms with Gasteiger partial charge in [0.15, 0.2) is 0 Å². The van der Waals surface area contributed by atoms with Crippen molar-refractivity contribution in [3.05, 3.63) is 35.3 Å². The van der Waals surface area contributed by atoms with Crippen LogP contribution in [0.25, 0.3) is 5.95 Å². The van der Waals surface area contributed by atoms with Crippen LogP contribution in [-0.4, -0.2) is 26.8 Å². The zero-order valence-electron chi connectivity index (χ0n) is 12.9. The van der Waals surface area contributed by atoms with Crippen LogP contribution in [0.4, 0.5) is 0 Å². The highest BCUT2D eigenvalue weighted by molar-refractivity contribution is 5.35. The molecular weight excluding hydrogens is 266 g/mol. The number of hydrogen-bond donors (Lipinski definition) is 1. The Labute approximate surface area is 124 Å². The Morgan fingerprint density at radius 2 is 2.14 bits per heavy atom. The molecular formula is C16H21N3O2. The molecule has 0 aromatic carbocycles. The number of fused-ring (bicyclic) bond motifs is 1. The minimum absolute atomic E-state index is 0.0659. The SMILES string of the molecule is COc1cc(C)nc(-n2ccc3c2CC(C)(C)CC3O)n1. The molecule has 5 nitrogen and oxygen atoms in total. The molecule has 0 saturated carbocycles. The summed E-state index contributed by atoms with van der Waals surface area (Å²) < 4.78 is 7.19. The molecule has 2 aromatic heterocycles. The monoisotopic (exact) mass is 287 g/mol. The number of methoxy groups -OCH3 is 1.